The van der Waals surface area contributed by atoms with Crippen molar-refractivity contribution < 1.29 is 5.11 Å². The second-order valence-electron chi connectivity index (χ2n) is 8.29. The molecule has 0 bridgehead atoms. The van der Waals surface area contributed by atoms with Gasteiger partial charge in [-0.3, -0.25) is 0 Å². The summed E-state index contributed by atoms with van der Waals surface area (Å²) in [6.07, 6.45) is 7.44. The van der Waals surface area contributed by atoms with E-state index in [-0.39, 0.29) is 0 Å². The topological polar surface area (TPSA) is 32.3 Å². The highest BCUT2D eigenvalue weighted by molar-refractivity contribution is 4.84. The summed E-state index contributed by atoms with van der Waals surface area (Å²) < 4.78 is 0. The normalized spacial score (nSPS) is 25.6. The minimum atomic E-state index is 0.309. The van der Waals surface area contributed by atoms with Crippen molar-refractivity contribution in [1.82, 2.24) is 5.32 Å². The predicted molar refractivity (Wildman–Crippen MR) is 83.3 cm³/mol. The van der Waals surface area contributed by atoms with Gasteiger partial charge in [-0.2, -0.15) is 0 Å². The Morgan fingerprint density at radius 2 is 1.58 bits per heavy atom. The van der Waals surface area contributed by atoms with E-state index in [1.165, 1.54) is 25.7 Å². The lowest BCUT2D eigenvalue weighted by atomic mass is 9.71. The standard InChI is InChI=1S/C17H35NO/c1-16(2,3)14-7-9-15(10-8-14)18-13-17(4,5)11-6-12-19/h14-15,18-19H,6-13H2,1-5H3. The zero-order valence-electron chi connectivity index (χ0n) is 13.8. The first-order valence-electron chi connectivity index (χ1n) is 8.09. The van der Waals surface area contributed by atoms with Crippen molar-refractivity contribution in [2.45, 2.75) is 79.2 Å². The lowest BCUT2D eigenvalue weighted by Crippen LogP contribution is -2.40. The van der Waals surface area contributed by atoms with E-state index in [9.17, 15) is 0 Å². The fourth-order valence-electron chi connectivity index (χ4n) is 3.23. The average Bonchev–Trinajstić information content (AvgIpc) is 2.34. The van der Waals surface area contributed by atoms with Crippen molar-refractivity contribution in [3.63, 3.8) is 0 Å². The van der Waals surface area contributed by atoms with Crippen molar-refractivity contribution >= 4 is 0 Å². The highest BCUT2D eigenvalue weighted by Crippen LogP contribution is 2.37. The maximum absolute atomic E-state index is 8.93. The molecular formula is C17H35NO. The molecule has 0 amide bonds. The van der Waals surface area contributed by atoms with Crippen molar-refractivity contribution in [2.75, 3.05) is 13.2 Å². The fraction of sp³-hybridized carbons (Fsp3) is 1.00. The Kier molecular flexibility index (Phi) is 6.32. The van der Waals surface area contributed by atoms with Crippen LogP contribution in [0.15, 0.2) is 0 Å². The van der Waals surface area contributed by atoms with E-state index in [0.717, 1.165) is 25.3 Å². The van der Waals surface area contributed by atoms with Crippen LogP contribution in [-0.2, 0) is 0 Å². The number of rotatable bonds is 6. The molecule has 0 spiro atoms. The van der Waals surface area contributed by atoms with E-state index in [4.69, 9.17) is 5.11 Å². The van der Waals surface area contributed by atoms with E-state index in [1.54, 1.807) is 0 Å². The first-order chi connectivity index (χ1) is 8.74. The third-order valence-electron chi connectivity index (χ3n) is 4.83. The van der Waals surface area contributed by atoms with Crippen LogP contribution in [0.2, 0.25) is 0 Å². The molecule has 0 aromatic rings. The Morgan fingerprint density at radius 3 is 2.05 bits per heavy atom. The summed E-state index contributed by atoms with van der Waals surface area (Å²) in [5.41, 5.74) is 0.787. The number of hydrogen-bond donors (Lipinski definition) is 2. The molecular weight excluding hydrogens is 234 g/mol. The maximum atomic E-state index is 8.93. The summed E-state index contributed by atoms with van der Waals surface area (Å²) in [5, 5.41) is 12.7. The number of aliphatic hydroxyl groups excluding tert-OH is 1. The zero-order chi connectivity index (χ0) is 14.5. The first-order valence-corrected chi connectivity index (χ1v) is 8.09. The summed E-state index contributed by atoms with van der Waals surface area (Å²) in [7, 11) is 0. The molecule has 1 fully saturated rings. The van der Waals surface area contributed by atoms with Crippen LogP contribution in [0.5, 0.6) is 0 Å². The molecule has 114 valence electrons. The zero-order valence-corrected chi connectivity index (χ0v) is 13.8. The van der Waals surface area contributed by atoms with Crippen molar-refractivity contribution in [3.8, 4) is 0 Å². The van der Waals surface area contributed by atoms with Gasteiger partial charge >= 0.3 is 0 Å². The molecule has 1 saturated carbocycles. The number of nitrogens with one attached hydrogen (secondary N) is 1. The van der Waals surface area contributed by atoms with Gasteiger partial charge in [-0.25, -0.2) is 0 Å². The molecule has 2 nitrogen and oxygen atoms in total. The molecule has 1 aliphatic rings. The SMILES string of the molecule is CC(C)(CCCO)CNC1CCC(C(C)(C)C)CC1. The van der Waals surface area contributed by atoms with E-state index in [0.29, 0.717) is 23.5 Å². The predicted octanol–water partition coefficient (Wildman–Crippen LogP) is 3.98. The molecule has 0 aromatic carbocycles. The van der Waals surface area contributed by atoms with E-state index >= 15 is 0 Å². The minimum Gasteiger partial charge on any atom is -0.396 e. The maximum Gasteiger partial charge on any atom is 0.0431 e. The molecule has 0 aromatic heterocycles. The number of aliphatic hydroxyl groups is 1. The highest BCUT2D eigenvalue weighted by Gasteiger charge is 2.30. The van der Waals surface area contributed by atoms with Gasteiger partial charge in [0.1, 0.15) is 0 Å². The van der Waals surface area contributed by atoms with Crippen LogP contribution >= 0.6 is 0 Å². The van der Waals surface area contributed by atoms with Crippen molar-refractivity contribution in [1.29, 1.82) is 0 Å². The first kappa shape index (κ1) is 17.0. The van der Waals surface area contributed by atoms with E-state index < -0.39 is 0 Å². The second-order valence-corrected chi connectivity index (χ2v) is 8.29. The third-order valence-corrected chi connectivity index (χ3v) is 4.83. The van der Waals surface area contributed by atoms with Crippen LogP contribution < -0.4 is 5.32 Å². The average molecular weight is 269 g/mol. The second kappa shape index (κ2) is 7.08. The summed E-state index contributed by atoms with van der Waals surface area (Å²) >= 11 is 0. The Morgan fingerprint density at radius 1 is 1.00 bits per heavy atom. The lowest BCUT2D eigenvalue weighted by molar-refractivity contribution is 0.152. The molecule has 0 unspecified atom stereocenters. The summed E-state index contributed by atoms with van der Waals surface area (Å²) in [6.45, 7) is 13.1. The Bertz CT molecular complexity index is 246. The molecule has 2 heteroatoms. The largest absolute Gasteiger partial charge is 0.396 e. The summed E-state index contributed by atoms with van der Waals surface area (Å²) in [5.74, 6) is 0.896. The number of hydrogen-bond acceptors (Lipinski definition) is 2. The smallest absolute Gasteiger partial charge is 0.0431 e. The monoisotopic (exact) mass is 269 g/mol. The molecule has 0 atom stereocenters. The lowest BCUT2D eigenvalue weighted by Gasteiger charge is -2.38. The minimum absolute atomic E-state index is 0.309. The van der Waals surface area contributed by atoms with Crippen LogP contribution in [0.25, 0.3) is 0 Å². The van der Waals surface area contributed by atoms with Crippen LogP contribution in [0, 0.1) is 16.7 Å². The van der Waals surface area contributed by atoms with Gasteiger partial charge in [-0.05, 0) is 55.3 Å². The van der Waals surface area contributed by atoms with Gasteiger partial charge in [0.2, 0.25) is 0 Å². The highest BCUT2D eigenvalue weighted by atomic mass is 16.2. The van der Waals surface area contributed by atoms with Crippen LogP contribution in [0.4, 0.5) is 0 Å². The van der Waals surface area contributed by atoms with Gasteiger partial charge in [0.05, 0.1) is 0 Å². The van der Waals surface area contributed by atoms with Gasteiger partial charge in [-0.1, -0.05) is 34.6 Å². The van der Waals surface area contributed by atoms with E-state index in [1.807, 2.05) is 0 Å². The van der Waals surface area contributed by atoms with Gasteiger partial charge in [-0.15, -0.1) is 0 Å². The molecule has 2 N–H and O–H groups in total. The third kappa shape index (κ3) is 6.27. The molecule has 0 heterocycles. The molecule has 1 aliphatic carbocycles. The van der Waals surface area contributed by atoms with E-state index in [2.05, 4.69) is 39.9 Å². The Hall–Kier alpha value is -0.0800. The molecule has 0 aliphatic heterocycles. The van der Waals surface area contributed by atoms with Gasteiger partial charge in [0.25, 0.3) is 0 Å². The fourth-order valence-corrected chi connectivity index (χ4v) is 3.23. The van der Waals surface area contributed by atoms with Crippen molar-refractivity contribution in [2.24, 2.45) is 16.7 Å². The van der Waals surface area contributed by atoms with Crippen LogP contribution in [0.3, 0.4) is 0 Å². The van der Waals surface area contributed by atoms with Gasteiger partial charge in [0.15, 0.2) is 0 Å². The Balaban J connectivity index is 2.26. The quantitative estimate of drug-likeness (QED) is 0.764. The molecule has 0 radical (unpaired) electrons. The van der Waals surface area contributed by atoms with Crippen LogP contribution in [-0.4, -0.2) is 24.3 Å². The van der Waals surface area contributed by atoms with Crippen molar-refractivity contribution in [3.05, 3.63) is 0 Å². The molecule has 0 saturated heterocycles. The van der Waals surface area contributed by atoms with Gasteiger partial charge < -0.3 is 10.4 Å². The van der Waals surface area contributed by atoms with Gasteiger partial charge in [0, 0.05) is 19.2 Å². The molecule has 19 heavy (non-hydrogen) atoms. The Labute approximate surface area is 120 Å². The van der Waals surface area contributed by atoms with Crippen LogP contribution in [0.1, 0.15) is 73.1 Å². The summed E-state index contributed by atoms with van der Waals surface area (Å²) in [4.78, 5) is 0. The molecule has 1 rings (SSSR count). The summed E-state index contributed by atoms with van der Waals surface area (Å²) in [6, 6.07) is 0.715.